The fourth-order valence-corrected chi connectivity index (χ4v) is 3.75. The molecule has 4 aromatic rings. The summed E-state index contributed by atoms with van der Waals surface area (Å²) < 4.78 is 27.2. The van der Waals surface area contributed by atoms with Gasteiger partial charge in [-0.25, -0.2) is 9.07 Å². The van der Waals surface area contributed by atoms with Crippen molar-refractivity contribution in [3.63, 3.8) is 0 Å². The molecule has 7 heteroatoms. The van der Waals surface area contributed by atoms with Crippen molar-refractivity contribution in [3.8, 4) is 22.9 Å². The molecule has 0 aliphatic carbocycles. The van der Waals surface area contributed by atoms with Gasteiger partial charge in [0.1, 0.15) is 23.0 Å². The van der Waals surface area contributed by atoms with E-state index in [0.717, 1.165) is 22.6 Å². The zero-order valence-corrected chi connectivity index (χ0v) is 18.8. The Morgan fingerprint density at radius 1 is 1.09 bits per heavy atom. The molecule has 1 N–H and O–H groups in total. The summed E-state index contributed by atoms with van der Waals surface area (Å²) in [5.41, 5.74) is 2.58. The van der Waals surface area contributed by atoms with Gasteiger partial charge < -0.3 is 14.3 Å². The standard InChI is InChI=1S/C26H28FN3O3/c1-3-21(31)16-30(17-23-13-8-14-32-23)18-24-25(19-9-5-4-6-10-19)28-29(2)26(24)33-22-12-7-11-20(27)15-22/h4-15,21,31H,3,16-18H2,1-2H3/t21-/m1/s1. The zero-order valence-electron chi connectivity index (χ0n) is 18.8. The van der Waals surface area contributed by atoms with Crippen LogP contribution in [0.3, 0.4) is 0 Å². The number of ether oxygens (including phenoxy) is 1. The highest BCUT2D eigenvalue weighted by Gasteiger charge is 2.24. The van der Waals surface area contributed by atoms with Gasteiger partial charge in [-0.2, -0.15) is 5.10 Å². The van der Waals surface area contributed by atoms with Gasteiger partial charge in [-0.05, 0) is 30.7 Å². The van der Waals surface area contributed by atoms with E-state index in [1.807, 2.05) is 56.4 Å². The number of benzene rings is 2. The fraction of sp³-hybridized carbons (Fsp3) is 0.269. The van der Waals surface area contributed by atoms with Crippen molar-refractivity contribution in [1.29, 1.82) is 0 Å². The van der Waals surface area contributed by atoms with Crippen molar-refractivity contribution in [2.75, 3.05) is 6.54 Å². The number of aliphatic hydroxyl groups excluding tert-OH is 1. The summed E-state index contributed by atoms with van der Waals surface area (Å²) in [5.74, 6) is 1.35. The first kappa shape index (κ1) is 22.8. The minimum atomic E-state index is -0.482. The molecule has 0 amide bonds. The molecular formula is C26H28FN3O3. The van der Waals surface area contributed by atoms with Gasteiger partial charge in [0.15, 0.2) is 0 Å². The quantitative estimate of drug-likeness (QED) is 0.352. The number of nitrogens with zero attached hydrogens (tertiary/aromatic N) is 3. The van der Waals surface area contributed by atoms with Gasteiger partial charge in [0, 0.05) is 31.8 Å². The van der Waals surface area contributed by atoms with Crippen LogP contribution < -0.4 is 4.74 Å². The van der Waals surface area contributed by atoms with Crippen molar-refractivity contribution < 1.29 is 18.7 Å². The highest BCUT2D eigenvalue weighted by molar-refractivity contribution is 5.65. The largest absolute Gasteiger partial charge is 0.468 e. The summed E-state index contributed by atoms with van der Waals surface area (Å²) in [6.45, 7) is 3.39. The number of hydrogen-bond donors (Lipinski definition) is 1. The summed E-state index contributed by atoms with van der Waals surface area (Å²) in [6, 6.07) is 19.7. The van der Waals surface area contributed by atoms with E-state index < -0.39 is 6.10 Å². The number of aryl methyl sites for hydroxylation is 1. The summed E-state index contributed by atoms with van der Waals surface area (Å²) in [6.07, 6.45) is 1.80. The van der Waals surface area contributed by atoms with E-state index in [1.54, 1.807) is 23.1 Å². The molecule has 33 heavy (non-hydrogen) atoms. The third kappa shape index (κ3) is 5.69. The molecule has 0 aliphatic rings. The van der Waals surface area contributed by atoms with Crippen LogP contribution in [0.4, 0.5) is 4.39 Å². The number of aromatic nitrogens is 2. The Hall–Kier alpha value is -3.42. The molecule has 0 saturated heterocycles. The molecule has 4 rings (SSSR count). The maximum Gasteiger partial charge on any atom is 0.222 e. The number of hydrogen-bond acceptors (Lipinski definition) is 5. The lowest BCUT2D eigenvalue weighted by atomic mass is 10.1. The fourth-order valence-electron chi connectivity index (χ4n) is 3.75. The van der Waals surface area contributed by atoms with Crippen LogP contribution in [0, 0.1) is 5.82 Å². The average molecular weight is 450 g/mol. The molecule has 2 aromatic heterocycles. The van der Waals surface area contributed by atoms with Gasteiger partial charge in [-0.15, -0.1) is 0 Å². The number of aliphatic hydroxyl groups is 1. The van der Waals surface area contributed by atoms with Gasteiger partial charge in [0.05, 0.1) is 24.5 Å². The lowest BCUT2D eigenvalue weighted by molar-refractivity contribution is 0.0970. The predicted molar refractivity (Wildman–Crippen MR) is 124 cm³/mol. The first-order valence-corrected chi connectivity index (χ1v) is 11.0. The normalized spacial score (nSPS) is 12.3. The molecule has 172 valence electrons. The molecule has 6 nitrogen and oxygen atoms in total. The lowest BCUT2D eigenvalue weighted by Gasteiger charge is -2.24. The van der Waals surface area contributed by atoms with Crippen molar-refractivity contribution in [3.05, 3.63) is 90.1 Å². The van der Waals surface area contributed by atoms with Gasteiger partial charge in [-0.3, -0.25) is 4.90 Å². The molecule has 0 aliphatic heterocycles. The Kier molecular flexibility index (Phi) is 7.22. The topological polar surface area (TPSA) is 63.7 Å². The Morgan fingerprint density at radius 2 is 1.91 bits per heavy atom. The second kappa shape index (κ2) is 10.5. The SMILES string of the molecule is CC[C@@H](O)CN(Cc1ccco1)Cc1c(-c2ccccc2)nn(C)c1Oc1cccc(F)c1. The first-order valence-electron chi connectivity index (χ1n) is 11.0. The summed E-state index contributed by atoms with van der Waals surface area (Å²) in [5, 5.41) is 15.1. The average Bonchev–Trinajstić information content (AvgIpc) is 3.43. The maximum atomic E-state index is 13.8. The summed E-state index contributed by atoms with van der Waals surface area (Å²) in [4.78, 5) is 2.11. The van der Waals surface area contributed by atoms with Gasteiger partial charge in [0.2, 0.25) is 5.88 Å². The predicted octanol–water partition coefficient (Wildman–Crippen LogP) is 5.38. The molecule has 2 aromatic carbocycles. The molecule has 0 fully saturated rings. The molecule has 1 atom stereocenters. The summed E-state index contributed by atoms with van der Waals surface area (Å²) >= 11 is 0. The molecule has 0 spiro atoms. The van der Waals surface area contributed by atoms with E-state index in [0.29, 0.717) is 37.7 Å². The van der Waals surface area contributed by atoms with Crippen LogP contribution in [-0.4, -0.2) is 32.4 Å². The van der Waals surface area contributed by atoms with Crippen molar-refractivity contribution in [2.24, 2.45) is 7.05 Å². The minimum Gasteiger partial charge on any atom is -0.468 e. The second-order valence-corrected chi connectivity index (χ2v) is 7.99. The third-order valence-electron chi connectivity index (χ3n) is 5.43. The van der Waals surface area contributed by atoms with Crippen LogP contribution in [0.2, 0.25) is 0 Å². The highest BCUT2D eigenvalue weighted by atomic mass is 19.1. The van der Waals surface area contributed by atoms with Crippen LogP contribution in [0.5, 0.6) is 11.6 Å². The Balaban J connectivity index is 1.73. The Morgan fingerprint density at radius 3 is 2.61 bits per heavy atom. The third-order valence-corrected chi connectivity index (χ3v) is 5.43. The maximum absolute atomic E-state index is 13.8. The Labute approximate surface area is 192 Å². The van der Waals surface area contributed by atoms with E-state index in [1.165, 1.54) is 12.1 Å². The van der Waals surface area contributed by atoms with E-state index in [4.69, 9.17) is 14.3 Å². The van der Waals surface area contributed by atoms with E-state index in [9.17, 15) is 9.50 Å². The molecule has 0 bridgehead atoms. The van der Waals surface area contributed by atoms with Crippen LogP contribution in [0.25, 0.3) is 11.3 Å². The van der Waals surface area contributed by atoms with Crippen molar-refractivity contribution in [1.82, 2.24) is 14.7 Å². The first-order chi connectivity index (χ1) is 16.0. The lowest BCUT2D eigenvalue weighted by Crippen LogP contribution is -2.31. The zero-order chi connectivity index (χ0) is 23.2. The van der Waals surface area contributed by atoms with Crippen LogP contribution in [0.15, 0.2) is 77.4 Å². The van der Waals surface area contributed by atoms with E-state index in [-0.39, 0.29) is 5.82 Å². The number of furan rings is 1. The highest BCUT2D eigenvalue weighted by Crippen LogP contribution is 2.34. The van der Waals surface area contributed by atoms with Crippen LogP contribution in [-0.2, 0) is 20.1 Å². The van der Waals surface area contributed by atoms with Crippen molar-refractivity contribution >= 4 is 0 Å². The van der Waals surface area contributed by atoms with Crippen molar-refractivity contribution in [2.45, 2.75) is 32.5 Å². The molecule has 0 radical (unpaired) electrons. The monoisotopic (exact) mass is 449 g/mol. The van der Waals surface area contributed by atoms with Crippen LogP contribution >= 0.6 is 0 Å². The minimum absolute atomic E-state index is 0.370. The molecule has 0 saturated carbocycles. The van der Waals surface area contributed by atoms with Gasteiger partial charge >= 0.3 is 0 Å². The number of halogens is 1. The van der Waals surface area contributed by atoms with Crippen LogP contribution in [0.1, 0.15) is 24.7 Å². The second-order valence-electron chi connectivity index (χ2n) is 7.99. The van der Waals surface area contributed by atoms with E-state index >= 15 is 0 Å². The molecule has 0 unspecified atom stereocenters. The smallest absolute Gasteiger partial charge is 0.222 e. The summed E-state index contributed by atoms with van der Waals surface area (Å²) in [7, 11) is 1.81. The van der Waals surface area contributed by atoms with Gasteiger partial charge in [0.25, 0.3) is 0 Å². The Bertz CT molecular complexity index is 1160. The molecule has 2 heterocycles. The molecular weight excluding hydrogens is 421 g/mol. The number of rotatable bonds is 10. The van der Waals surface area contributed by atoms with E-state index in [2.05, 4.69) is 4.90 Å². The van der Waals surface area contributed by atoms with Gasteiger partial charge in [-0.1, -0.05) is 43.3 Å².